The fraction of sp³-hybridized carbons (Fsp3) is 0.675. The minimum absolute atomic E-state index is 0.0186. The average molecular weight is 774 g/mol. The molecule has 0 radical (unpaired) electrons. The monoisotopic (exact) mass is 773 g/mol. The van der Waals surface area contributed by atoms with Crippen molar-refractivity contribution in [3.63, 3.8) is 0 Å². The second-order valence-corrected chi connectivity index (χ2v) is 15.8. The molecule has 0 saturated carbocycles. The highest BCUT2D eigenvalue weighted by Gasteiger charge is 2.38. The number of likely N-dealkylation sites (tertiary alicyclic amines) is 1. The Hall–Kier alpha value is -3.43. The smallest absolute Gasteiger partial charge is 0.306 e. The number of nitrogens with one attached hydrogen (secondary N) is 2. The third-order valence-corrected chi connectivity index (χ3v) is 11.4. The topological polar surface area (TPSA) is 160 Å². The molecule has 1 aromatic heterocycles. The molecule has 1 aliphatic heterocycles. The van der Waals surface area contributed by atoms with Crippen LogP contribution in [0.3, 0.4) is 0 Å². The first kappa shape index (κ1) is 45.0. The molecule has 0 bridgehead atoms. The van der Waals surface area contributed by atoms with Gasteiger partial charge in [-0.3, -0.25) is 24.1 Å². The van der Waals surface area contributed by atoms with Gasteiger partial charge in [0.05, 0.1) is 18.6 Å². The second-order valence-electron chi connectivity index (χ2n) is 14.9. The largest absolute Gasteiger partial charge is 0.481 e. The molecule has 54 heavy (non-hydrogen) atoms. The van der Waals surface area contributed by atoms with Crippen molar-refractivity contribution < 1.29 is 38.5 Å². The molecule has 0 spiro atoms. The summed E-state index contributed by atoms with van der Waals surface area (Å²) in [6.45, 7) is 11.2. The van der Waals surface area contributed by atoms with Gasteiger partial charge in [-0.2, -0.15) is 0 Å². The van der Waals surface area contributed by atoms with Gasteiger partial charge >= 0.3 is 5.97 Å². The van der Waals surface area contributed by atoms with Crippen LogP contribution in [0.15, 0.2) is 35.7 Å². The number of likely N-dealkylation sites (N-methyl/N-ethyl adjacent to an activating group) is 1. The highest BCUT2D eigenvalue weighted by molar-refractivity contribution is 7.09. The molecule has 1 saturated heterocycles. The molecular formula is C40H63N5O8S. The van der Waals surface area contributed by atoms with E-state index in [9.17, 15) is 24.3 Å². The molecule has 302 valence electrons. The Morgan fingerprint density at radius 1 is 1.04 bits per heavy atom. The number of carboxylic acid groups (broad SMARTS) is 1. The van der Waals surface area contributed by atoms with Crippen molar-refractivity contribution in [3.8, 4) is 0 Å². The number of carboxylic acids is 1. The Kier molecular flexibility index (Phi) is 19.0. The Labute approximate surface area is 325 Å². The van der Waals surface area contributed by atoms with Crippen LogP contribution in [-0.4, -0.2) is 116 Å². The number of methoxy groups -OCH3 is 2. The van der Waals surface area contributed by atoms with Gasteiger partial charge in [0.1, 0.15) is 29.6 Å². The van der Waals surface area contributed by atoms with Crippen LogP contribution in [0.2, 0.25) is 0 Å². The second kappa shape index (κ2) is 22.8. The van der Waals surface area contributed by atoms with Crippen molar-refractivity contribution in [2.24, 2.45) is 17.8 Å². The Morgan fingerprint density at radius 2 is 1.76 bits per heavy atom. The molecular weight excluding hydrogens is 711 g/mol. The van der Waals surface area contributed by atoms with Crippen LogP contribution in [0, 0.1) is 17.8 Å². The van der Waals surface area contributed by atoms with E-state index < -0.39 is 36.0 Å². The summed E-state index contributed by atoms with van der Waals surface area (Å²) >= 11 is 1.28. The van der Waals surface area contributed by atoms with Crippen LogP contribution in [-0.2, 0) is 35.0 Å². The van der Waals surface area contributed by atoms with Crippen molar-refractivity contribution in [1.29, 1.82) is 0 Å². The van der Waals surface area contributed by atoms with E-state index in [1.807, 2.05) is 70.0 Å². The van der Waals surface area contributed by atoms with Crippen molar-refractivity contribution in [3.05, 3.63) is 52.0 Å². The molecule has 7 atom stereocenters. The van der Waals surface area contributed by atoms with E-state index in [1.54, 1.807) is 19.4 Å². The standard InChI is InChI=1S/C40H63N5O8S/c1-9-27(4)35(43-37(47)32-17-13-14-18-44(32)6)39(48)45(19-20-51-7)33(26(2)3)23-34(53-25-52-8)38-42-31(24-54-38)36(46)41-30(21-28(5)40(49)50)22-29-15-11-10-12-16-29/h10-12,15-16,24,26-28,30,32-35H,9,13-14,17-23,25H2,1-8H3,(H,41,46)(H,43,47)(H,49,50)/t27?,28-,30+,32?,33+,34+,35?/m0/s1. The summed E-state index contributed by atoms with van der Waals surface area (Å²) in [4.78, 5) is 62.2. The van der Waals surface area contributed by atoms with E-state index in [0.29, 0.717) is 37.4 Å². The minimum Gasteiger partial charge on any atom is -0.481 e. The summed E-state index contributed by atoms with van der Waals surface area (Å²) < 4.78 is 17.0. The maximum atomic E-state index is 14.6. The first-order valence-electron chi connectivity index (χ1n) is 19.2. The zero-order valence-electron chi connectivity index (χ0n) is 33.4. The third kappa shape index (κ3) is 13.4. The summed E-state index contributed by atoms with van der Waals surface area (Å²) in [5, 5.41) is 18.0. The molecule has 2 aromatic rings. The van der Waals surface area contributed by atoms with Crippen molar-refractivity contribution in [2.45, 2.75) is 110 Å². The summed E-state index contributed by atoms with van der Waals surface area (Å²) in [5.74, 6) is -2.42. The number of hydrogen-bond acceptors (Lipinski definition) is 10. The molecule has 3 amide bonds. The first-order chi connectivity index (χ1) is 25.8. The highest BCUT2D eigenvalue weighted by Crippen LogP contribution is 2.31. The van der Waals surface area contributed by atoms with Crippen LogP contribution in [0.5, 0.6) is 0 Å². The summed E-state index contributed by atoms with van der Waals surface area (Å²) in [6, 6.07) is 7.85. The van der Waals surface area contributed by atoms with Gasteiger partial charge in [0.25, 0.3) is 5.91 Å². The fourth-order valence-corrected chi connectivity index (χ4v) is 7.79. The quantitative estimate of drug-likeness (QED) is 0.129. The van der Waals surface area contributed by atoms with E-state index in [4.69, 9.17) is 19.2 Å². The average Bonchev–Trinajstić information content (AvgIpc) is 3.65. The van der Waals surface area contributed by atoms with Gasteiger partial charge in [0.2, 0.25) is 11.8 Å². The van der Waals surface area contributed by atoms with Gasteiger partial charge < -0.3 is 34.9 Å². The lowest BCUT2D eigenvalue weighted by Crippen LogP contribution is -2.59. The van der Waals surface area contributed by atoms with E-state index >= 15 is 0 Å². The molecule has 1 fully saturated rings. The number of thiazole rings is 1. The Bertz CT molecular complexity index is 1460. The lowest BCUT2D eigenvalue weighted by molar-refractivity contribution is -0.144. The zero-order valence-corrected chi connectivity index (χ0v) is 34.2. The van der Waals surface area contributed by atoms with Gasteiger partial charge in [-0.1, -0.05) is 77.8 Å². The molecule has 13 nitrogen and oxygen atoms in total. The first-order valence-corrected chi connectivity index (χ1v) is 20.1. The fourth-order valence-electron chi connectivity index (χ4n) is 6.93. The predicted octanol–water partition coefficient (Wildman–Crippen LogP) is 5.16. The Morgan fingerprint density at radius 3 is 2.37 bits per heavy atom. The molecule has 1 aliphatic rings. The number of piperidine rings is 1. The summed E-state index contributed by atoms with van der Waals surface area (Å²) in [5.41, 5.74) is 1.18. The van der Waals surface area contributed by atoms with Crippen LogP contribution < -0.4 is 10.6 Å². The van der Waals surface area contributed by atoms with Gasteiger partial charge in [0.15, 0.2) is 0 Å². The van der Waals surface area contributed by atoms with Crippen LogP contribution in [0.25, 0.3) is 0 Å². The van der Waals surface area contributed by atoms with Crippen LogP contribution in [0.1, 0.15) is 100 Å². The number of benzene rings is 1. The van der Waals surface area contributed by atoms with Crippen molar-refractivity contribution in [1.82, 2.24) is 25.4 Å². The van der Waals surface area contributed by atoms with E-state index in [2.05, 4.69) is 15.5 Å². The lowest BCUT2D eigenvalue weighted by atomic mass is 9.92. The van der Waals surface area contributed by atoms with Crippen LogP contribution >= 0.6 is 11.3 Å². The number of aromatic nitrogens is 1. The Balaban J connectivity index is 1.88. The van der Waals surface area contributed by atoms with Gasteiger partial charge in [-0.05, 0) is 56.7 Å². The molecule has 1 aromatic carbocycles. The maximum Gasteiger partial charge on any atom is 0.306 e. The number of nitrogens with zero attached hydrogens (tertiary/aromatic N) is 3. The van der Waals surface area contributed by atoms with E-state index in [0.717, 1.165) is 31.4 Å². The number of rotatable bonds is 23. The van der Waals surface area contributed by atoms with Gasteiger partial charge in [-0.25, -0.2) is 4.98 Å². The summed E-state index contributed by atoms with van der Waals surface area (Å²) in [6.07, 6.45) is 3.93. The molecule has 3 N–H and O–H groups in total. The number of carbonyl (C=O) groups is 4. The molecule has 3 unspecified atom stereocenters. The SMILES string of the molecule is CCC(C)C(NC(=O)C1CCCCN1C)C(=O)N(CCOC)[C@H](C[C@@H](OCOC)c1nc(C(=O)N[C@@H](Cc2ccccc2)C[C@H](C)C(=O)O)cs1)C(C)C. The van der Waals surface area contributed by atoms with Gasteiger partial charge in [0, 0.05) is 44.6 Å². The van der Waals surface area contributed by atoms with Crippen molar-refractivity contribution >= 4 is 35.0 Å². The molecule has 0 aliphatic carbocycles. The number of hydrogen-bond donors (Lipinski definition) is 3. The van der Waals surface area contributed by atoms with Crippen LogP contribution in [0.4, 0.5) is 0 Å². The molecule has 2 heterocycles. The number of aliphatic carboxylic acids is 1. The van der Waals surface area contributed by atoms with Crippen molar-refractivity contribution in [2.75, 3.05) is 47.8 Å². The number of ether oxygens (including phenoxy) is 3. The summed E-state index contributed by atoms with van der Waals surface area (Å²) in [7, 11) is 5.08. The lowest BCUT2D eigenvalue weighted by Gasteiger charge is -2.40. The normalized spacial score (nSPS) is 18.3. The third-order valence-electron chi connectivity index (χ3n) is 10.4. The number of amides is 3. The molecule has 3 rings (SSSR count). The minimum atomic E-state index is -0.927. The van der Waals surface area contributed by atoms with E-state index in [1.165, 1.54) is 18.4 Å². The predicted molar refractivity (Wildman–Crippen MR) is 209 cm³/mol. The maximum absolute atomic E-state index is 14.6. The van der Waals surface area contributed by atoms with E-state index in [-0.39, 0.29) is 54.6 Å². The van der Waals surface area contributed by atoms with Gasteiger partial charge in [-0.15, -0.1) is 11.3 Å². The highest BCUT2D eigenvalue weighted by atomic mass is 32.1. The number of carbonyl (C=O) groups excluding carboxylic acids is 3. The zero-order chi connectivity index (χ0) is 39.8. The molecule has 14 heteroatoms.